The standard InChI is InChI=1S/C25H37N3O5/c1-24(2,3)27-22(30)20(9-10-21(29)33-25(4,5)6)28-15-16-13-17(7-8-19(16)23(28)31)32-18-11-12-26-14-18/h7-8,13,18,20,26H,9-12,14-15H2,1-6H3,(H,27,30). The van der Waals surface area contributed by atoms with Crippen LogP contribution in [0.2, 0.25) is 0 Å². The highest BCUT2D eigenvalue weighted by Gasteiger charge is 2.38. The number of fused-ring (bicyclic) bond motifs is 1. The second kappa shape index (κ2) is 9.71. The third kappa shape index (κ3) is 6.93. The molecule has 2 unspecified atom stereocenters. The second-order valence-electron chi connectivity index (χ2n) is 10.9. The Morgan fingerprint density at radius 3 is 2.55 bits per heavy atom. The van der Waals surface area contributed by atoms with Crippen molar-refractivity contribution in [1.29, 1.82) is 0 Å². The van der Waals surface area contributed by atoms with Crippen molar-refractivity contribution >= 4 is 17.8 Å². The highest BCUT2D eigenvalue weighted by molar-refractivity contribution is 6.01. The fourth-order valence-corrected chi connectivity index (χ4v) is 4.09. The van der Waals surface area contributed by atoms with Gasteiger partial charge in [-0.05, 0) is 84.7 Å². The predicted molar refractivity (Wildman–Crippen MR) is 125 cm³/mol. The topological polar surface area (TPSA) is 97.0 Å². The van der Waals surface area contributed by atoms with Gasteiger partial charge >= 0.3 is 5.97 Å². The van der Waals surface area contributed by atoms with Crippen LogP contribution in [0.4, 0.5) is 0 Å². The summed E-state index contributed by atoms with van der Waals surface area (Å²) in [5.74, 6) is -0.152. The van der Waals surface area contributed by atoms with Gasteiger partial charge in [0.15, 0.2) is 0 Å². The lowest BCUT2D eigenvalue weighted by Crippen LogP contribution is -2.52. The Balaban J connectivity index is 1.76. The summed E-state index contributed by atoms with van der Waals surface area (Å²) in [6.07, 6.45) is 1.30. The highest BCUT2D eigenvalue weighted by atomic mass is 16.6. The van der Waals surface area contributed by atoms with E-state index in [9.17, 15) is 14.4 Å². The second-order valence-corrected chi connectivity index (χ2v) is 10.9. The molecule has 8 heteroatoms. The van der Waals surface area contributed by atoms with E-state index in [0.29, 0.717) is 12.1 Å². The van der Waals surface area contributed by atoms with Gasteiger partial charge in [-0.1, -0.05) is 0 Å². The van der Waals surface area contributed by atoms with Gasteiger partial charge in [0.1, 0.15) is 23.5 Å². The van der Waals surface area contributed by atoms with Crippen molar-refractivity contribution in [3.05, 3.63) is 29.3 Å². The summed E-state index contributed by atoms with van der Waals surface area (Å²) >= 11 is 0. The molecule has 2 atom stereocenters. The van der Waals surface area contributed by atoms with E-state index in [1.54, 1.807) is 31.7 Å². The van der Waals surface area contributed by atoms with Crippen LogP contribution in [0.25, 0.3) is 0 Å². The molecule has 0 spiro atoms. The van der Waals surface area contributed by atoms with Crippen LogP contribution in [0.1, 0.15) is 76.7 Å². The molecule has 33 heavy (non-hydrogen) atoms. The van der Waals surface area contributed by atoms with Crippen molar-refractivity contribution in [3.8, 4) is 5.75 Å². The van der Waals surface area contributed by atoms with Crippen LogP contribution >= 0.6 is 0 Å². The SMILES string of the molecule is CC(C)(C)NC(=O)C(CCC(=O)OC(C)(C)C)N1Cc2cc(OC3CCNC3)ccc2C1=O. The van der Waals surface area contributed by atoms with E-state index >= 15 is 0 Å². The molecule has 2 aliphatic heterocycles. The average Bonchev–Trinajstić information content (AvgIpc) is 3.27. The summed E-state index contributed by atoms with van der Waals surface area (Å²) in [6, 6.07) is 4.68. The number of carbonyl (C=O) groups is 3. The summed E-state index contributed by atoms with van der Waals surface area (Å²) in [5, 5.41) is 6.23. The fraction of sp³-hybridized carbons (Fsp3) is 0.640. The van der Waals surface area contributed by atoms with Gasteiger partial charge < -0.3 is 25.0 Å². The number of ether oxygens (including phenoxy) is 2. The van der Waals surface area contributed by atoms with E-state index in [1.165, 1.54) is 0 Å². The van der Waals surface area contributed by atoms with Crippen LogP contribution in [0.3, 0.4) is 0 Å². The lowest BCUT2D eigenvalue weighted by molar-refractivity contribution is -0.155. The van der Waals surface area contributed by atoms with Gasteiger partial charge in [0.25, 0.3) is 5.91 Å². The Kier molecular flexibility index (Phi) is 7.36. The number of carbonyl (C=O) groups excluding carboxylic acids is 3. The van der Waals surface area contributed by atoms with Crippen LogP contribution in [-0.2, 0) is 20.9 Å². The number of hydrogen-bond donors (Lipinski definition) is 2. The molecule has 3 rings (SSSR count). The van der Waals surface area contributed by atoms with Gasteiger partial charge in [-0.2, -0.15) is 0 Å². The van der Waals surface area contributed by atoms with Crippen molar-refractivity contribution in [3.63, 3.8) is 0 Å². The van der Waals surface area contributed by atoms with Gasteiger partial charge in [-0.15, -0.1) is 0 Å². The molecule has 182 valence electrons. The summed E-state index contributed by atoms with van der Waals surface area (Å²) in [5.41, 5.74) is 0.324. The molecule has 1 aromatic rings. The first-order chi connectivity index (χ1) is 15.3. The Morgan fingerprint density at radius 2 is 1.94 bits per heavy atom. The maximum atomic E-state index is 13.2. The number of rotatable bonds is 7. The van der Waals surface area contributed by atoms with E-state index in [0.717, 1.165) is 30.8 Å². The molecular formula is C25H37N3O5. The van der Waals surface area contributed by atoms with Gasteiger partial charge in [0, 0.05) is 30.6 Å². The number of nitrogens with zero attached hydrogens (tertiary/aromatic N) is 1. The minimum Gasteiger partial charge on any atom is -0.489 e. The summed E-state index contributed by atoms with van der Waals surface area (Å²) < 4.78 is 11.4. The molecular weight excluding hydrogens is 422 g/mol. The molecule has 0 aliphatic carbocycles. The quantitative estimate of drug-likeness (QED) is 0.609. The zero-order chi connectivity index (χ0) is 24.4. The molecule has 2 amide bonds. The Hall–Kier alpha value is -2.61. The zero-order valence-electron chi connectivity index (χ0n) is 20.6. The molecule has 0 aromatic heterocycles. The minimum atomic E-state index is -0.778. The number of amides is 2. The molecule has 0 radical (unpaired) electrons. The normalized spacial score (nSPS) is 19.3. The molecule has 0 saturated carbocycles. The van der Waals surface area contributed by atoms with Crippen molar-refractivity contribution in [2.45, 2.75) is 90.6 Å². The first-order valence-corrected chi connectivity index (χ1v) is 11.7. The molecule has 0 bridgehead atoms. The van der Waals surface area contributed by atoms with Crippen LogP contribution in [0.15, 0.2) is 18.2 Å². The third-order valence-electron chi connectivity index (χ3n) is 5.45. The monoisotopic (exact) mass is 459 g/mol. The first-order valence-electron chi connectivity index (χ1n) is 11.7. The highest BCUT2D eigenvalue weighted by Crippen LogP contribution is 2.30. The summed E-state index contributed by atoms with van der Waals surface area (Å²) in [4.78, 5) is 40.2. The Labute approximate surface area is 196 Å². The zero-order valence-corrected chi connectivity index (χ0v) is 20.6. The molecule has 2 aliphatic rings. The van der Waals surface area contributed by atoms with E-state index in [-0.39, 0.29) is 36.7 Å². The Morgan fingerprint density at radius 1 is 1.21 bits per heavy atom. The number of benzene rings is 1. The molecule has 8 nitrogen and oxygen atoms in total. The van der Waals surface area contributed by atoms with Crippen molar-refractivity contribution in [2.24, 2.45) is 0 Å². The Bertz CT molecular complexity index is 894. The predicted octanol–water partition coefficient (Wildman–Crippen LogP) is 2.79. The van der Waals surface area contributed by atoms with E-state index < -0.39 is 17.2 Å². The molecule has 1 saturated heterocycles. The van der Waals surface area contributed by atoms with E-state index in [2.05, 4.69) is 10.6 Å². The number of nitrogens with one attached hydrogen (secondary N) is 2. The molecule has 2 heterocycles. The maximum absolute atomic E-state index is 13.2. The van der Waals surface area contributed by atoms with Gasteiger partial charge in [-0.25, -0.2) is 0 Å². The number of hydrogen-bond acceptors (Lipinski definition) is 6. The van der Waals surface area contributed by atoms with Gasteiger partial charge in [0.05, 0.1) is 0 Å². The maximum Gasteiger partial charge on any atom is 0.306 e. The van der Waals surface area contributed by atoms with E-state index in [4.69, 9.17) is 9.47 Å². The van der Waals surface area contributed by atoms with Crippen LogP contribution in [-0.4, -0.2) is 59.1 Å². The van der Waals surface area contributed by atoms with Crippen molar-refractivity contribution < 1.29 is 23.9 Å². The van der Waals surface area contributed by atoms with Gasteiger partial charge in [-0.3, -0.25) is 14.4 Å². The lowest BCUT2D eigenvalue weighted by atomic mass is 10.0. The molecule has 1 fully saturated rings. The lowest BCUT2D eigenvalue weighted by Gasteiger charge is -2.30. The molecule has 1 aromatic carbocycles. The average molecular weight is 460 g/mol. The largest absolute Gasteiger partial charge is 0.489 e. The molecule has 2 N–H and O–H groups in total. The van der Waals surface area contributed by atoms with Gasteiger partial charge in [0.2, 0.25) is 5.91 Å². The van der Waals surface area contributed by atoms with Crippen LogP contribution < -0.4 is 15.4 Å². The van der Waals surface area contributed by atoms with Crippen molar-refractivity contribution in [1.82, 2.24) is 15.5 Å². The number of esters is 1. The van der Waals surface area contributed by atoms with Crippen LogP contribution in [0, 0.1) is 0 Å². The smallest absolute Gasteiger partial charge is 0.306 e. The summed E-state index contributed by atoms with van der Waals surface area (Å²) in [6.45, 7) is 13.1. The minimum absolute atomic E-state index is 0.0443. The van der Waals surface area contributed by atoms with Crippen molar-refractivity contribution in [2.75, 3.05) is 13.1 Å². The third-order valence-corrected chi connectivity index (χ3v) is 5.45. The van der Waals surface area contributed by atoms with E-state index in [1.807, 2.05) is 32.9 Å². The fourth-order valence-electron chi connectivity index (χ4n) is 4.09. The first kappa shape index (κ1) is 25.0. The summed E-state index contributed by atoms with van der Waals surface area (Å²) in [7, 11) is 0. The van der Waals surface area contributed by atoms with Crippen LogP contribution in [0.5, 0.6) is 5.75 Å².